The fraction of sp³-hybridized carbons (Fsp3) is 0.200. The first-order valence-electron chi connectivity index (χ1n) is 4.26. The van der Waals surface area contributed by atoms with Crippen molar-refractivity contribution < 1.29 is 0 Å². The molecule has 3 heteroatoms. The van der Waals surface area contributed by atoms with Gasteiger partial charge in [-0.15, -0.1) is 0 Å². The molecule has 0 aliphatic carbocycles. The minimum atomic E-state index is 0.253. The molecule has 0 saturated heterocycles. The summed E-state index contributed by atoms with van der Waals surface area (Å²) in [5.41, 5.74) is 1.06. The van der Waals surface area contributed by atoms with Crippen LogP contribution in [-0.4, -0.2) is 14.5 Å². The number of pyridine rings is 1. The van der Waals surface area contributed by atoms with Crippen molar-refractivity contribution in [2.45, 2.75) is 13.0 Å². The highest BCUT2D eigenvalue weighted by atomic mass is 15.1. The smallest absolute Gasteiger partial charge is 0.0952 e. The molecule has 2 aromatic heterocycles. The molecule has 0 aliphatic heterocycles. The number of rotatable bonds is 2. The summed E-state index contributed by atoms with van der Waals surface area (Å²) in [5.74, 6) is 0. The van der Waals surface area contributed by atoms with Crippen LogP contribution in [0.3, 0.4) is 0 Å². The topological polar surface area (TPSA) is 30.7 Å². The van der Waals surface area contributed by atoms with E-state index < -0.39 is 0 Å². The van der Waals surface area contributed by atoms with E-state index in [1.165, 1.54) is 0 Å². The van der Waals surface area contributed by atoms with Crippen LogP contribution in [0.15, 0.2) is 43.1 Å². The Balaban J connectivity index is 2.29. The van der Waals surface area contributed by atoms with Crippen LogP contribution in [0.2, 0.25) is 0 Å². The summed E-state index contributed by atoms with van der Waals surface area (Å²) in [4.78, 5) is 8.29. The Hall–Kier alpha value is -1.64. The van der Waals surface area contributed by atoms with Crippen molar-refractivity contribution in [1.29, 1.82) is 0 Å². The Morgan fingerprint density at radius 2 is 2.23 bits per heavy atom. The summed E-state index contributed by atoms with van der Waals surface area (Å²) in [6.07, 6.45) is 7.33. The summed E-state index contributed by atoms with van der Waals surface area (Å²) in [6.45, 7) is 2.10. The molecule has 2 heterocycles. The lowest BCUT2D eigenvalue weighted by molar-refractivity contribution is 0.620. The van der Waals surface area contributed by atoms with Crippen LogP contribution in [0.4, 0.5) is 0 Å². The van der Waals surface area contributed by atoms with Gasteiger partial charge >= 0.3 is 0 Å². The second-order valence-electron chi connectivity index (χ2n) is 2.94. The van der Waals surface area contributed by atoms with Crippen LogP contribution in [0.25, 0.3) is 0 Å². The molecule has 1 unspecified atom stereocenters. The molecule has 0 saturated carbocycles. The molecule has 0 aliphatic rings. The third-order valence-corrected chi connectivity index (χ3v) is 2.09. The minimum absolute atomic E-state index is 0.253. The predicted octanol–water partition coefficient (Wildman–Crippen LogP) is 1.89. The summed E-state index contributed by atoms with van der Waals surface area (Å²) in [6, 6.07) is 6.19. The van der Waals surface area contributed by atoms with E-state index >= 15 is 0 Å². The molecular formula is C10H11N3. The molecule has 0 radical (unpaired) electrons. The van der Waals surface area contributed by atoms with Gasteiger partial charge in [-0.25, -0.2) is 4.98 Å². The summed E-state index contributed by atoms with van der Waals surface area (Å²) in [5, 5.41) is 0. The fourth-order valence-electron chi connectivity index (χ4n) is 1.27. The Bertz CT molecular complexity index is 353. The maximum absolute atomic E-state index is 4.29. The zero-order valence-electron chi connectivity index (χ0n) is 7.46. The van der Waals surface area contributed by atoms with E-state index in [1.807, 2.05) is 35.2 Å². The number of nitrogens with zero attached hydrogens (tertiary/aromatic N) is 3. The average molecular weight is 173 g/mol. The van der Waals surface area contributed by atoms with Crippen LogP contribution in [0.5, 0.6) is 0 Å². The lowest BCUT2D eigenvalue weighted by Gasteiger charge is -2.11. The van der Waals surface area contributed by atoms with E-state index in [4.69, 9.17) is 0 Å². The van der Waals surface area contributed by atoms with E-state index in [0.717, 1.165) is 5.69 Å². The van der Waals surface area contributed by atoms with Crippen molar-refractivity contribution in [2.24, 2.45) is 0 Å². The van der Waals surface area contributed by atoms with Crippen molar-refractivity contribution in [3.8, 4) is 0 Å². The third-order valence-electron chi connectivity index (χ3n) is 2.09. The fourth-order valence-corrected chi connectivity index (χ4v) is 1.27. The first-order chi connectivity index (χ1) is 6.38. The summed E-state index contributed by atoms with van der Waals surface area (Å²) in [7, 11) is 0. The quantitative estimate of drug-likeness (QED) is 0.694. The normalized spacial score (nSPS) is 12.7. The van der Waals surface area contributed by atoms with Gasteiger partial charge in [0.2, 0.25) is 0 Å². The van der Waals surface area contributed by atoms with Crippen LogP contribution < -0.4 is 0 Å². The molecule has 0 bridgehead atoms. The molecule has 13 heavy (non-hydrogen) atoms. The monoisotopic (exact) mass is 173 g/mol. The number of imidazole rings is 1. The maximum Gasteiger partial charge on any atom is 0.0952 e. The van der Waals surface area contributed by atoms with Gasteiger partial charge in [0.05, 0.1) is 18.1 Å². The van der Waals surface area contributed by atoms with Gasteiger partial charge in [-0.3, -0.25) is 4.98 Å². The van der Waals surface area contributed by atoms with Crippen LogP contribution in [0.1, 0.15) is 18.7 Å². The van der Waals surface area contributed by atoms with E-state index in [9.17, 15) is 0 Å². The zero-order valence-corrected chi connectivity index (χ0v) is 7.46. The maximum atomic E-state index is 4.29. The zero-order chi connectivity index (χ0) is 9.10. The average Bonchev–Trinajstić information content (AvgIpc) is 2.71. The second-order valence-corrected chi connectivity index (χ2v) is 2.94. The third kappa shape index (κ3) is 1.59. The summed E-state index contributed by atoms with van der Waals surface area (Å²) >= 11 is 0. The second kappa shape index (κ2) is 3.39. The van der Waals surface area contributed by atoms with E-state index in [2.05, 4.69) is 16.9 Å². The largest absolute Gasteiger partial charge is 0.329 e. The Morgan fingerprint density at radius 3 is 2.85 bits per heavy atom. The lowest BCUT2D eigenvalue weighted by atomic mass is 10.2. The Morgan fingerprint density at radius 1 is 1.31 bits per heavy atom. The van der Waals surface area contributed by atoms with Gasteiger partial charge in [-0.05, 0) is 19.1 Å². The van der Waals surface area contributed by atoms with E-state index in [-0.39, 0.29) is 6.04 Å². The molecular weight excluding hydrogens is 162 g/mol. The van der Waals surface area contributed by atoms with Crippen LogP contribution in [-0.2, 0) is 0 Å². The number of aromatic nitrogens is 3. The van der Waals surface area contributed by atoms with Crippen LogP contribution >= 0.6 is 0 Å². The molecule has 66 valence electrons. The SMILES string of the molecule is CC(c1ccccn1)n1ccnc1. The van der Waals surface area contributed by atoms with Crippen molar-refractivity contribution in [2.75, 3.05) is 0 Å². The van der Waals surface area contributed by atoms with Crippen molar-refractivity contribution >= 4 is 0 Å². The highest BCUT2D eigenvalue weighted by Gasteiger charge is 2.06. The molecule has 3 nitrogen and oxygen atoms in total. The van der Waals surface area contributed by atoms with Crippen molar-refractivity contribution in [3.63, 3.8) is 0 Å². The lowest BCUT2D eigenvalue weighted by Crippen LogP contribution is -2.05. The van der Waals surface area contributed by atoms with Gasteiger partial charge in [0.25, 0.3) is 0 Å². The first kappa shape index (κ1) is 7.98. The van der Waals surface area contributed by atoms with E-state index in [0.29, 0.717) is 0 Å². The minimum Gasteiger partial charge on any atom is -0.329 e. The van der Waals surface area contributed by atoms with Gasteiger partial charge in [-0.1, -0.05) is 6.07 Å². The molecule has 0 fully saturated rings. The Kier molecular flexibility index (Phi) is 2.08. The Labute approximate surface area is 77.1 Å². The predicted molar refractivity (Wildman–Crippen MR) is 50.3 cm³/mol. The highest BCUT2D eigenvalue weighted by molar-refractivity contribution is 5.09. The summed E-state index contributed by atoms with van der Waals surface area (Å²) < 4.78 is 2.03. The van der Waals surface area contributed by atoms with Gasteiger partial charge in [0, 0.05) is 18.6 Å². The number of hydrogen-bond donors (Lipinski definition) is 0. The molecule has 2 aromatic rings. The molecule has 0 N–H and O–H groups in total. The first-order valence-corrected chi connectivity index (χ1v) is 4.26. The molecule has 0 spiro atoms. The van der Waals surface area contributed by atoms with Gasteiger partial charge in [0.1, 0.15) is 0 Å². The van der Waals surface area contributed by atoms with Crippen molar-refractivity contribution in [1.82, 2.24) is 14.5 Å². The highest BCUT2D eigenvalue weighted by Crippen LogP contribution is 2.13. The molecule has 2 rings (SSSR count). The molecule has 0 aromatic carbocycles. The molecule has 1 atom stereocenters. The standard InChI is InChI=1S/C10H11N3/c1-9(13-7-6-11-8-13)10-4-2-3-5-12-10/h2-9H,1H3. The van der Waals surface area contributed by atoms with Gasteiger partial charge in [-0.2, -0.15) is 0 Å². The van der Waals surface area contributed by atoms with Crippen LogP contribution in [0, 0.1) is 0 Å². The van der Waals surface area contributed by atoms with Gasteiger partial charge in [0.15, 0.2) is 0 Å². The number of hydrogen-bond acceptors (Lipinski definition) is 2. The van der Waals surface area contributed by atoms with Crippen molar-refractivity contribution in [3.05, 3.63) is 48.8 Å². The van der Waals surface area contributed by atoms with E-state index in [1.54, 1.807) is 12.5 Å². The van der Waals surface area contributed by atoms with Gasteiger partial charge < -0.3 is 4.57 Å². The molecule has 0 amide bonds.